The van der Waals surface area contributed by atoms with Gasteiger partial charge in [-0.25, -0.2) is 0 Å². The van der Waals surface area contributed by atoms with Crippen LogP contribution in [0.2, 0.25) is 0 Å². The molecule has 2 aliphatic heterocycles. The van der Waals surface area contributed by atoms with Gasteiger partial charge >= 0.3 is 0 Å². The van der Waals surface area contributed by atoms with Crippen LogP contribution in [0.4, 0.5) is 0 Å². The summed E-state index contributed by atoms with van der Waals surface area (Å²) in [6.45, 7) is 3.50. The Morgan fingerprint density at radius 3 is 2.55 bits per heavy atom. The largest absolute Gasteiger partial charge is 0.383 e. The first-order chi connectivity index (χ1) is 14.0. The number of piperidine rings is 1. The van der Waals surface area contributed by atoms with E-state index in [1.165, 1.54) is 10.6 Å². The lowest BCUT2D eigenvalue weighted by molar-refractivity contribution is -0.112. The number of ether oxygens (including phenoxy) is 1. The van der Waals surface area contributed by atoms with Gasteiger partial charge in [0.05, 0.1) is 19.3 Å². The third-order valence-electron chi connectivity index (χ3n) is 6.11. The Kier molecular flexibility index (Phi) is 5.54. The van der Waals surface area contributed by atoms with E-state index in [-0.39, 0.29) is 17.5 Å². The fourth-order valence-electron chi connectivity index (χ4n) is 4.34. The molecule has 1 amide bonds. The maximum absolute atomic E-state index is 13.1. The minimum atomic E-state index is -1.04. The molecule has 0 spiro atoms. The molecule has 7 heteroatoms. The topological polar surface area (TPSA) is 75.0 Å². The van der Waals surface area contributed by atoms with Crippen molar-refractivity contribution < 1.29 is 14.6 Å². The van der Waals surface area contributed by atoms with Gasteiger partial charge in [0.2, 0.25) is 0 Å². The zero-order valence-electron chi connectivity index (χ0n) is 16.7. The first-order valence-electron chi connectivity index (χ1n) is 10.0. The molecule has 2 atom stereocenters. The van der Waals surface area contributed by atoms with Gasteiger partial charge in [-0.1, -0.05) is 30.3 Å². The monoisotopic (exact) mass is 397 g/mol. The molecule has 0 bridgehead atoms. The SMILES string of the molecule is Cn1ccc(C(=O)N2CC[C@](O)(c3ccccc3)[C@H](N3CCOCC3)C2)cc1=O. The van der Waals surface area contributed by atoms with Crippen LogP contribution in [0.25, 0.3) is 0 Å². The first-order valence-corrected chi connectivity index (χ1v) is 10.0. The number of aliphatic hydroxyl groups is 1. The van der Waals surface area contributed by atoms with Crippen LogP contribution in [0.15, 0.2) is 53.5 Å². The highest BCUT2D eigenvalue weighted by Gasteiger charge is 2.47. The maximum atomic E-state index is 13.1. The van der Waals surface area contributed by atoms with Crippen LogP contribution >= 0.6 is 0 Å². The lowest BCUT2D eigenvalue weighted by Crippen LogP contribution is -2.63. The van der Waals surface area contributed by atoms with Gasteiger partial charge < -0.3 is 19.3 Å². The molecular formula is C22H27N3O4. The molecular weight excluding hydrogens is 370 g/mol. The molecule has 1 N–H and O–H groups in total. The van der Waals surface area contributed by atoms with Crippen molar-refractivity contribution in [2.75, 3.05) is 39.4 Å². The molecule has 1 aromatic heterocycles. The summed E-state index contributed by atoms with van der Waals surface area (Å²) in [5, 5.41) is 11.7. The molecule has 29 heavy (non-hydrogen) atoms. The average Bonchev–Trinajstić information content (AvgIpc) is 2.77. The number of hydrogen-bond acceptors (Lipinski definition) is 5. The molecule has 1 aromatic carbocycles. The Balaban J connectivity index is 1.63. The number of nitrogens with zero attached hydrogens (tertiary/aromatic N) is 3. The van der Waals surface area contributed by atoms with Crippen molar-refractivity contribution in [1.29, 1.82) is 0 Å². The maximum Gasteiger partial charge on any atom is 0.254 e. The fourth-order valence-corrected chi connectivity index (χ4v) is 4.34. The number of aryl methyl sites for hydroxylation is 1. The summed E-state index contributed by atoms with van der Waals surface area (Å²) in [4.78, 5) is 29.0. The summed E-state index contributed by atoms with van der Waals surface area (Å²) < 4.78 is 6.93. The molecule has 0 radical (unpaired) electrons. The predicted molar refractivity (Wildman–Crippen MR) is 109 cm³/mol. The highest BCUT2D eigenvalue weighted by molar-refractivity contribution is 5.94. The number of rotatable bonds is 3. The summed E-state index contributed by atoms with van der Waals surface area (Å²) in [5.74, 6) is -0.170. The van der Waals surface area contributed by atoms with Gasteiger partial charge in [0.25, 0.3) is 11.5 Å². The molecule has 7 nitrogen and oxygen atoms in total. The van der Waals surface area contributed by atoms with Gasteiger partial charge in [0.15, 0.2) is 0 Å². The van der Waals surface area contributed by atoms with Gasteiger partial charge in [-0.15, -0.1) is 0 Å². The van der Waals surface area contributed by atoms with Gasteiger partial charge in [0, 0.05) is 51.1 Å². The van der Waals surface area contributed by atoms with Crippen molar-refractivity contribution in [3.05, 3.63) is 70.1 Å². The highest BCUT2D eigenvalue weighted by Crippen LogP contribution is 2.36. The van der Waals surface area contributed by atoms with Gasteiger partial charge in [-0.3, -0.25) is 14.5 Å². The van der Waals surface area contributed by atoms with E-state index in [4.69, 9.17) is 4.74 Å². The Labute approximate surface area is 170 Å². The zero-order chi connectivity index (χ0) is 20.4. The third-order valence-corrected chi connectivity index (χ3v) is 6.11. The van der Waals surface area contributed by atoms with Gasteiger partial charge in [0.1, 0.15) is 5.60 Å². The van der Waals surface area contributed by atoms with Gasteiger partial charge in [-0.05, 0) is 18.1 Å². The number of carbonyl (C=O) groups is 1. The number of pyridine rings is 1. The van der Waals surface area contributed by atoms with E-state index in [1.54, 1.807) is 24.2 Å². The Morgan fingerprint density at radius 2 is 1.86 bits per heavy atom. The van der Waals surface area contributed by atoms with E-state index in [0.717, 1.165) is 5.56 Å². The summed E-state index contributed by atoms with van der Waals surface area (Å²) in [7, 11) is 1.66. The number of likely N-dealkylation sites (tertiary alicyclic amines) is 1. The molecule has 0 aliphatic carbocycles. The third kappa shape index (κ3) is 3.85. The quantitative estimate of drug-likeness (QED) is 0.830. The molecule has 2 fully saturated rings. The number of morpholine rings is 1. The predicted octanol–water partition coefficient (Wildman–Crippen LogP) is 0.820. The van der Waals surface area contributed by atoms with Crippen LogP contribution < -0.4 is 5.56 Å². The van der Waals surface area contributed by atoms with E-state index in [2.05, 4.69) is 4.90 Å². The van der Waals surface area contributed by atoms with Crippen molar-refractivity contribution in [2.45, 2.75) is 18.1 Å². The molecule has 0 unspecified atom stereocenters. The molecule has 0 saturated carbocycles. The lowest BCUT2D eigenvalue weighted by atomic mass is 9.79. The second kappa shape index (κ2) is 8.10. The Hall–Kier alpha value is -2.48. The minimum Gasteiger partial charge on any atom is -0.383 e. The Bertz CT molecular complexity index is 923. The van der Waals surface area contributed by atoms with Crippen molar-refractivity contribution in [3.8, 4) is 0 Å². The van der Waals surface area contributed by atoms with Gasteiger partial charge in [-0.2, -0.15) is 0 Å². The molecule has 3 heterocycles. The first kappa shape index (κ1) is 19.8. The summed E-state index contributed by atoms with van der Waals surface area (Å²) in [5.41, 5.74) is 0.0110. The lowest BCUT2D eigenvalue weighted by Gasteiger charge is -2.50. The average molecular weight is 397 g/mol. The summed E-state index contributed by atoms with van der Waals surface area (Å²) >= 11 is 0. The van der Waals surface area contributed by atoms with Crippen LogP contribution in [-0.4, -0.2) is 70.8 Å². The van der Waals surface area contributed by atoms with Crippen LogP contribution in [0.1, 0.15) is 22.3 Å². The smallest absolute Gasteiger partial charge is 0.254 e. The van der Waals surface area contributed by atoms with Crippen LogP contribution in [0, 0.1) is 0 Å². The van der Waals surface area contributed by atoms with E-state index in [1.807, 2.05) is 30.3 Å². The number of amides is 1. The van der Waals surface area contributed by atoms with E-state index in [9.17, 15) is 14.7 Å². The summed E-state index contributed by atoms with van der Waals surface area (Å²) in [6.07, 6.45) is 2.05. The molecule has 4 rings (SSSR count). The van der Waals surface area contributed by atoms with Crippen molar-refractivity contribution in [1.82, 2.24) is 14.4 Å². The number of aromatic nitrogens is 1. The van der Waals surface area contributed by atoms with Crippen molar-refractivity contribution in [3.63, 3.8) is 0 Å². The van der Waals surface area contributed by atoms with Crippen LogP contribution in [0.5, 0.6) is 0 Å². The summed E-state index contributed by atoms with van der Waals surface area (Å²) in [6, 6.07) is 12.5. The standard InChI is InChI=1S/C22H27N3O4/c1-23-9-7-17(15-20(23)26)21(27)25-10-8-22(28,18-5-3-2-4-6-18)19(16-25)24-11-13-29-14-12-24/h2-7,9,15,19,28H,8,10-14,16H2,1H3/t19-,22+/m1/s1. The van der Waals surface area contributed by atoms with E-state index in [0.29, 0.717) is 51.4 Å². The van der Waals surface area contributed by atoms with Crippen molar-refractivity contribution in [2.24, 2.45) is 7.05 Å². The van der Waals surface area contributed by atoms with Crippen LogP contribution in [-0.2, 0) is 17.4 Å². The normalized spacial score (nSPS) is 25.7. The van der Waals surface area contributed by atoms with Crippen LogP contribution in [0.3, 0.4) is 0 Å². The number of carbonyl (C=O) groups excluding carboxylic acids is 1. The molecule has 2 aliphatic rings. The minimum absolute atomic E-state index is 0.170. The molecule has 2 saturated heterocycles. The second-order valence-corrected chi connectivity index (χ2v) is 7.82. The number of hydrogen-bond donors (Lipinski definition) is 1. The fraction of sp³-hybridized carbons (Fsp3) is 0.455. The zero-order valence-corrected chi connectivity index (χ0v) is 16.7. The Morgan fingerprint density at radius 1 is 1.14 bits per heavy atom. The van der Waals surface area contributed by atoms with E-state index >= 15 is 0 Å². The van der Waals surface area contributed by atoms with Crippen molar-refractivity contribution >= 4 is 5.91 Å². The second-order valence-electron chi connectivity index (χ2n) is 7.82. The van der Waals surface area contributed by atoms with E-state index < -0.39 is 5.60 Å². The molecule has 154 valence electrons. The molecule has 2 aromatic rings. The highest BCUT2D eigenvalue weighted by atomic mass is 16.5. The number of benzene rings is 1.